The van der Waals surface area contributed by atoms with Crippen LogP contribution in [0.3, 0.4) is 0 Å². The van der Waals surface area contributed by atoms with Crippen LogP contribution in [0.25, 0.3) is 0 Å². The Labute approximate surface area is 204 Å². The number of carbonyl (C=O) groups excluding carboxylic acids is 1. The third kappa shape index (κ3) is 4.10. The molecule has 2 aromatic carbocycles. The second kappa shape index (κ2) is 8.50. The number of rotatable bonds is 5. The van der Waals surface area contributed by atoms with Gasteiger partial charge in [-0.2, -0.15) is 0 Å². The highest BCUT2D eigenvalue weighted by atomic mass is 35.5. The van der Waals surface area contributed by atoms with Crippen LogP contribution in [0, 0.1) is 5.82 Å². The van der Waals surface area contributed by atoms with Crippen molar-refractivity contribution < 1.29 is 22.3 Å². The molecule has 0 bridgehead atoms. The van der Waals surface area contributed by atoms with Crippen molar-refractivity contribution in [3.05, 3.63) is 52.3 Å². The Hall–Kier alpha value is -2.16. The van der Waals surface area contributed by atoms with E-state index in [0.29, 0.717) is 12.2 Å². The highest BCUT2D eigenvalue weighted by molar-refractivity contribution is 7.92. The summed E-state index contributed by atoms with van der Waals surface area (Å²) < 4.78 is 49.4. The minimum absolute atomic E-state index is 0.0519. The first-order chi connectivity index (χ1) is 16.1. The highest BCUT2D eigenvalue weighted by Gasteiger charge is 2.51. The van der Waals surface area contributed by atoms with Gasteiger partial charge < -0.3 is 10.1 Å². The van der Waals surface area contributed by atoms with Gasteiger partial charge in [0.05, 0.1) is 11.1 Å². The first-order valence-corrected chi connectivity index (χ1v) is 13.5. The van der Waals surface area contributed by atoms with Crippen LogP contribution in [0.15, 0.2) is 35.2 Å². The summed E-state index contributed by atoms with van der Waals surface area (Å²) in [6.07, 6.45) is 4.32. The van der Waals surface area contributed by atoms with Crippen LogP contribution in [0.1, 0.15) is 57.1 Å². The standard InChI is InChI=1S/C25H28ClFN2O4S/c1-14-8-18(9-15(2)28-14)33-22-12-17(11-20-19(22)13-24(30)25(20)6-3-7-25)29-34(31,32)23-5-4-16(26)10-21(23)27/h4-5,10-12,14-15,18,28-29H,3,6-9,13H2,1-2H3. The Morgan fingerprint density at radius 2 is 1.85 bits per heavy atom. The largest absolute Gasteiger partial charge is 0.490 e. The molecule has 2 atom stereocenters. The molecule has 0 amide bonds. The molecule has 2 N–H and O–H groups in total. The van der Waals surface area contributed by atoms with Crippen LogP contribution in [-0.2, 0) is 26.7 Å². The number of ether oxygens (including phenoxy) is 1. The fourth-order valence-electron chi connectivity index (χ4n) is 5.66. The molecule has 2 aliphatic carbocycles. The maximum Gasteiger partial charge on any atom is 0.264 e. The van der Waals surface area contributed by atoms with Crippen LogP contribution in [0.5, 0.6) is 5.75 Å². The molecule has 0 aromatic heterocycles. The van der Waals surface area contributed by atoms with Crippen molar-refractivity contribution in [3.63, 3.8) is 0 Å². The second-order valence-electron chi connectivity index (χ2n) is 9.90. The molecule has 1 spiro atoms. The number of anilines is 1. The lowest BCUT2D eigenvalue weighted by Gasteiger charge is -2.38. The van der Waals surface area contributed by atoms with Crippen molar-refractivity contribution in [2.75, 3.05) is 4.72 Å². The van der Waals surface area contributed by atoms with E-state index in [9.17, 15) is 17.6 Å². The predicted octanol–water partition coefficient (Wildman–Crippen LogP) is 4.73. The van der Waals surface area contributed by atoms with Gasteiger partial charge in [0.25, 0.3) is 10.0 Å². The van der Waals surface area contributed by atoms with Gasteiger partial charge in [-0.15, -0.1) is 0 Å². The molecule has 3 aliphatic rings. The molecule has 1 heterocycles. The van der Waals surface area contributed by atoms with E-state index in [1.165, 1.54) is 6.07 Å². The van der Waals surface area contributed by atoms with E-state index in [1.54, 1.807) is 12.1 Å². The minimum atomic E-state index is -4.22. The summed E-state index contributed by atoms with van der Waals surface area (Å²) in [4.78, 5) is 12.5. The molecule has 6 nitrogen and oxygen atoms in total. The van der Waals surface area contributed by atoms with Crippen molar-refractivity contribution in [2.24, 2.45) is 0 Å². The average Bonchev–Trinajstić information content (AvgIpc) is 2.99. The van der Waals surface area contributed by atoms with Gasteiger partial charge in [0.2, 0.25) is 0 Å². The normalized spacial score (nSPS) is 25.6. The Morgan fingerprint density at radius 3 is 2.47 bits per heavy atom. The lowest BCUT2D eigenvalue weighted by Crippen LogP contribution is -2.46. The maximum absolute atomic E-state index is 14.4. The maximum atomic E-state index is 14.4. The molecule has 182 valence electrons. The SMILES string of the molecule is CC1CC(Oc2cc(NS(=O)(=O)c3ccc(Cl)cc3F)cc3c2CC(=O)C32CCC2)CC(C)N1. The third-order valence-electron chi connectivity index (χ3n) is 7.33. The summed E-state index contributed by atoms with van der Waals surface area (Å²) in [6.45, 7) is 4.21. The van der Waals surface area contributed by atoms with Gasteiger partial charge in [0.1, 0.15) is 28.3 Å². The zero-order chi connectivity index (χ0) is 24.3. The van der Waals surface area contributed by atoms with Gasteiger partial charge in [-0.3, -0.25) is 9.52 Å². The van der Waals surface area contributed by atoms with Crippen LogP contribution in [-0.4, -0.2) is 32.4 Å². The van der Waals surface area contributed by atoms with Crippen LogP contribution >= 0.6 is 11.6 Å². The molecule has 2 fully saturated rings. The first kappa shape index (κ1) is 23.6. The van der Waals surface area contributed by atoms with E-state index in [-0.39, 0.29) is 34.7 Å². The van der Waals surface area contributed by atoms with E-state index < -0.39 is 26.2 Å². The van der Waals surface area contributed by atoms with Crippen LogP contribution in [0.4, 0.5) is 10.1 Å². The number of hydrogen-bond donors (Lipinski definition) is 2. The molecule has 1 saturated carbocycles. The van der Waals surface area contributed by atoms with Crippen molar-refractivity contribution in [1.29, 1.82) is 0 Å². The van der Waals surface area contributed by atoms with E-state index in [4.69, 9.17) is 16.3 Å². The molecular weight excluding hydrogens is 479 g/mol. The van der Waals surface area contributed by atoms with E-state index in [0.717, 1.165) is 55.4 Å². The highest BCUT2D eigenvalue weighted by Crippen LogP contribution is 2.53. The molecule has 9 heteroatoms. The Bertz CT molecular complexity index is 1250. The van der Waals surface area contributed by atoms with E-state index in [1.807, 2.05) is 0 Å². The monoisotopic (exact) mass is 506 g/mol. The molecule has 2 unspecified atom stereocenters. The van der Waals surface area contributed by atoms with Gasteiger partial charge in [0.15, 0.2) is 0 Å². The van der Waals surface area contributed by atoms with Gasteiger partial charge in [-0.05, 0) is 69.4 Å². The quantitative estimate of drug-likeness (QED) is 0.612. The van der Waals surface area contributed by atoms with Crippen molar-refractivity contribution in [3.8, 4) is 5.75 Å². The number of piperidine rings is 1. The third-order valence-corrected chi connectivity index (χ3v) is 8.98. The number of Topliss-reactive ketones (excluding diaryl/α,β-unsaturated/α-hetero) is 1. The number of benzene rings is 2. The fraction of sp³-hybridized carbons (Fsp3) is 0.480. The number of halogens is 2. The Kier molecular flexibility index (Phi) is 5.89. The number of hydrogen-bond acceptors (Lipinski definition) is 5. The summed E-state index contributed by atoms with van der Waals surface area (Å²) in [6, 6.07) is 7.37. The smallest absolute Gasteiger partial charge is 0.264 e. The van der Waals surface area contributed by atoms with E-state index >= 15 is 0 Å². The van der Waals surface area contributed by atoms with Crippen molar-refractivity contribution >= 4 is 33.1 Å². The molecule has 5 rings (SSSR count). The first-order valence-electron chi connectivity index (χ1n) is 11.7. The number of ketones is 1. The Balaban J connectivity index is 1.53. The molecule has 2 aromatic rings. The summed E-state index contributed by atoms with van der Waals surface area (Å²) >= 11 is 5.78. The molecule has 34 heavy (non-hydrogen) atoms. The summed E-state index contributed by atoms with van der Waals surface area (Å²) in [7, 11) is -4.22. The molecule has 1 aliphatic heterocycles. The zero-order valence-corrected chi connectivity index (χ0v) is 20.7. The molecule has 1 saturated heterocycles. The van der Waals surface area contributed by atoms with Crippen LogP contribution < -0.4 is 14.8 Å². The predicted molar refractivity (Wildman–Crippen MR) is 129 cm³/mol. The fourth-order valence-corrected chi connectivity index (χ4v) is 6.92. The van der Waals surface area contributed by atoms with Crippen molar-refractivity contribution in [2.45, 2.75) is 80.9 Å². The number of carbonyl (C=O) groups is 1. The zero-order valence-electron chi connectivity index (χ0n) is 19.2. The number of fused-ring (bicyclic) bond motifs is 2. The van der Waals surface area contributed by atoms with Crippen LogP contribution in [0.2, 0.25) is 5.02 Å². The van der Waals surface area contributed by atoms with Gasteiger partial charge >= 0.3 is 0 Å². The van der Waals surface area contributed by atoms with Gasteiger partial charge in [0, 0.05) is 35.2 Å². The molecular formula is C25H28ClFN2O4S. The van der Waals surface area contributed by atoms with Gasteiger partial charge in [-0.1, -0.05) is 18.0 Å². The second-order valence-corrected chi connectivity index (χ2v) is 12.0. The lowest BCUT2D eigenvalue weighted by molar-refractivity contribution is -0.125. The van der Waals surface area contributed by atoms with Gasteiger partial charge in [-0.25, -0.2) is 12.8 Å². The number of nitrogens with one attached hydrogen (secondary N) is 2. The average molecular weight is 507 g/mol. The minimum Gasteiger partial charge on any atom is -0.490 e. The topological polar surface area (TPSA) is 84.5 Å². The summed E-state index contributed by atoms with van der Waals surface area (Å²) in [5.74, 6) is -0.231. The summed E-state index contributed by atoms with van der Waals surface area (Å²) in [5.41, 5.74) is 1.39. The number of sulfonamides is 1. The summed E-state index contributed by atoms with van der Waals surface area (Å²) in [5, 5.41) is 3.60. The van der Waals surface area contributed by atoms with Crippen molar-refractivity contribution in [1.82, 2.24) is 5.32 Å². The van der Waals surface area contributed by atoms with E-state index in [2.05, 4.69) is 23.9 Å². The molecule has 0 radical (unpaired) electrons. The Morgan fingerprint density at radius 1 is 1.15 bits per heavy atom. The lowest BCUT2D eigenvalue weighted by atomic mass is 9.64.